The molecule has 0 atom stereocenters. The van der Waals surface area contributed by atoms with E-state index in [-0.39, 0.29) is 26.9 Å². The zero-order valence-electron chi connectivity index (χ0n) is 29.4. The molecule has 6 heteroatoms. The van der Waals surface area contributed by atoms with Gasteiger partial charge in [-0.05, 0) is 47.7 Å². The van der Waals surface area contributed by atoms with Gasteiger partial charge in [0.05, 0.1) is 0 Å². The molecule has 0 radical (unpaired) electrons. The maximum absolute atomic E-state index is 5.46. The fourth-order valence-electron chi connectivity index (χ4n) is 4.74. The summed E-state index contributed by atoms with van der Waals surface area (Å²) >= 11 is -1.89. The molecule has 0 aliphatic heterocycles. The predicted octanol–water partition coefficient (Wildman–Crippen LogP) is 11.2. The third-order valence-corrected chi connectivity index (χ3v) is 11.6. The van der Waals surface area contributed by atoms with E-state index >= 15 is 0 Å². The molecule has 0 aromatic heterocycles. The zero-order chi connectivity index (χ0) is 34.6. The standard InChI is InChI=1S/2C18H15P.C6H6.3CH3.Al.2ClH.Ru/c2*1-4-10-16(11-5-1)19(17-12-6-2-7-13-17)18-14-8-3-9-15-18;1-2-4-6-5-3-1;;;;;;;/h2*1-15H;1-6H;3*1H3;;2*1H;/q;;;;;-1;+1;;;+2/p-2. The minimum Gasteiger partial charge on any atom is -0.423 e. The summed E-state index contributed by atoms with van der Waals surface area (Å²) in [4.78, 5) is 0. The Kier molecular flexibility index (Phi) is 21.9. The quantitative estimate of drug-likeness (QED) is 0.0889. The molecule has 0 saturated heterocycles. The van der Waals surface area contributed by atoms with Crippen LogP contribution in [0.3, 0.4) is 0 Å². The molecule has 7 aromatic carbocycles. The van der Waals surface area contributed by atoms with Gasteiger partial charge in [-0.15, -0.1) is 0 Å². The Balaban J connectivity index is 0.000000266. The monoisotopic (exact) mass is 846 g/mol. The second kappa shape index (κ2) is 25.2. The van der Waals surface area contributed by atoms with Gasteiger partial charge in [0.2, 0.25) is 0 Å². The van der Waals surface area contributed by atoms with Crippen molar-refractivity contribution in [3.63, 3.8) is 0 Å². The summed E-state index contributed by atoms with van der Waals surface area (Å²) in [5.74, 6) is 3.77. The van der Waals surface area contributed by atoms with Crippen molar-refractivity contribution in [2.75, 3.05) is 0 Å². The summed E-state index contributed by atoms with van der Waals surface area (Å²) in [7, 11) is 10.0. The van der Waals surface area contributed by atoms with E-state index in [4.69, 9.17) is 20.1 Å². The number of halogens is 2. The van der Waals surface area contributed by atoms with E-state index in [0.717, 1.165) is 0 Å². The molecule has 0 spiro atoms. The third-order valence-electron chi connectivity index (χ3n) is 6.75. The van der Waals surface area contributed by atoms with Crippen molar-refractivity contribution in [1.82, 2.24) is 0 Å². The van der Waals surface area contributed by atoms with Crippen LogP contribution in [0.2, 0.25) is 11.6 Å². The van der Waals surface area contributed by atoms with Crippen LogP contribution in [0.15, 0.2) is 218 Å². The van der Waals surface area contributed by atoms with Crippen LogP contribution in [-0.4, -0.2) is 11.2 Å². The van der Waals surface area contributed by atoms with E-state index < -0.39 is 27.1 Å². The molecule has 7 rings (SSSR count). The normalized spacial score (nSPS) is 10.0. The average Bonchev–Trinajstić information content (AvgIpc) is 3.15. The van der Waals surface area contributed by atoms with Crippen molar-refractivity contribution in [3.8, 4) is 0 Å². The molecule has 0 heterocycles. The van der Waals surface area contributed by atoms with Gasteiger partial charge in [-0.25, -0.2) is 0 Å². The second-order valence-corrected chi connectivity index (χ2v) is 26.1. The Labute approximate surface area is 333 Å². The maximum Gasteiger partial charge on any atom is 2.00 e. The SMILES string of the molecule is [CH3-].[CH3][Al-]([CH3])([Cl])[Cl].[Ru+2].c1ccc(P(c2ccccc2)c2ccccc2)cc1.c1ccc(P(c2ccccc2)c2ccccc2)cc1.c1ccccc1. The van der Waals surface area contributed by atoms with Gasteiger partial charge in [0, 0.05) is 0 Å². The van der Waals surface area contributed by atoms with E-state index in [1.54, 1.807) is 0 Å². The third kappa shape index (κ3) is 17.0. The van der Waals surface area contributed by atoms with Gasteiger partial charge in [-0.2, -0.15) is 11.6 Å². The smallest absolute Gasteiger partial charge is 0.423 e. The van der Waals surface area contributed by atoms with Gasteiger partial charge in [-0.1, -0.05) is 218 Å². The van der Waals surface area contributed by atoms with Crippen LogP contribution >= 0.6 is 35.9 Å². The zero-order valence-corrected chi connectivity index (χ0v) is 35.6. The Morgan fingerprint density at radius 1 is 0.294 bits per heavy atom. The fourth-order valence-corrected chi connectivity index (χ4v) is 9.35. The van der Waals surface area contributed by atoms with Gasteiger partial charge in [0.25, 0.3) is 0 Å². The number of rotatable bonds is 6. The molecular weight excluding hydrogens is 801 g/mol. The molecule has 7 aromatic rings. The summed E-state index contributed by atoms with van der Waals surface area (Å²) in [6.45, 7) is 0. The van der Waals surface area contributed by atoms with Gasteiger partial charge in [0.15, 0.2) is 0 Å². The van der Waals surface area contributed by atoms with Crippen molar-refractivity contribution in [2.45, 2.75) is 11.6 Å². The molecule has 51 heavy (non-hydrogen) atoms. The first-order valence-electron chi connectivity index (χ1n) is 16.4. The summed E-state index contributed by atoms with van der Waals surface area (Å²) in [6, 6.07) is 76.7. The molecule has 0 unspecified atom stereocenters. The number of benzene rings is 7. The van der Waals surface area contributed by atoms with Crippen LogP contribution in [0.25, 0.3) is 0 Å². The summed E-state index contributed by atoms with van der Waals surface area (Å²) in [5.41, 5.74) is 0. The molecular formula is C45H45AlCl2P2Ru. The van der Waals surface area contributed by atoms with Crippen molar-refractivity contribution in [3.05, 3.63) is 226 Å². The Morgan fingerprint density at radius 3 is 0.510 bits per heavy atom. The van der Waals surface area contributed by atoms with E-state index in [1.807, 2.05) is 48.0 Å². The average molecular weight is 847 g/mol. The van der Waals surface area contributed by atoms with E-state index in [2.05, 4.69) is 182 Å². The minimum atomic E-state index is -1.89. The second-order valence-electron chi connectivity index (χ2n) is 11.4. The minimum absolute atomic E-state index is 0. The molecule has 260 valence electrons. The Bertz CT molecular complexity index is 1490. The molecule has 0 amide bonds. The van der Waals surface area contributed by atoms with E-state index in [9.17, 15) is 0 Å². The van der Waals surface area contributed by atoms with Crippen molar-refractivity contribution in [1.29, 1.82) is 0 Å². The van der Waals surface area contributed by atoms with Gasteiger partial charge < -0.3 is 27.5 Å². The number of hydrogen-bond donors (Lipinski definition) is 0. The molecule has 0 saturated carbocycles. The van der Waals surface area contributed by atoms with Crippen LogP contribution in [0, 0.1) is 7.43 Å². The van der Waals surface area contributed by atoms with Crippen LogP contribution in [-0.2, 0) is 19.5 Å². The van der Waals surface area contributed by atoms with Crippen LogP contribution < -0.4 is 31.8 Å². The first kappa shape index (κ1) is 44.3. The van der Waals surface area contributed by atoms with Crippen molar-refractivity contribution >= 4 is 79.0 Å². The van der Waals surface area contributed by atoms with Crippen molar-refractivity contribution < 1.29 is 19.5 Å². The summed E-state index contributed by atoms with van der Waals surface area (Å²) < 4.78 is 0. The van der Waals surface area contributed by atoms with Gasteiger partial charge >= 0.3 is 30.7 Å². The van der Waals surface area contributed by atoms with Crippen LogP contribution in [0.4, 0.5) is 0 Å². The molecule has 0 bridgehead atoms. The van der Waals surface area contributed by atoms with Crippen LogP contribution in [0.1, 0.15) is 0 Å². The predicted molar refractivity (Wildman–Crippen MR) is 232 cm³/mol. The first-order valence-corrected chi connectivity index (χ1v) is 24.9. The molecule has 0 fully saturated rings. The topological polar surface area (TPSA) is 0 Å². The van der Waals surface area contributed by atoms with Gasteiger partial charge in [0.1, 0.15) is 0 Å². The van der Waals surface area contributed by atoms with E-state index in [0.29, 0.717) is 0 Å². The molecule has 0 aliphatic rings. The Hall–Kier alpha value is -2.86. The fraction of sp³-hybridized carbons (Fsp3) is 0.0444. The summed E-state index contributed by atoms with van der Waals surface area (Å²) in [5, 5.41) is 8.39. The maximum atomic E-state index is 5.46. The molecule has 0 N–H and O–H groups in total. The van der Waals surface area contributed by atoms with Gasteiger partial charge in [-0.3, -0.25) is 0 Å². The van der Waals surface area contributed by atoms with Crippen molar-refractivity contribution in [2.24, 2.45) is 0 Å². The number of hydrogen-bond acceptors (Lipinski definition) is 0. The molecule has 0 aliphatic carbocycles. The van der Waals surface area contributed by atoms with E-state index in [1.165, 1.54) is 31.8 Å². The van der Waals surface area contributed by atoms with Crippen LogP contribution in [0.5, 0.6) is 0 Å². The first-order chi connectivity index (χ1) is 23.9. The Morgan fingerprint density at radius 2 is 0.392 bits per heavy atom. The molecule has 0 nitrogen and oxygen atoms in total. The summed E-state index contributed by atoms with van der Waals surface area (Å²) in [6.07, 6.45) is 0. The largest absolute Gasteiger partial charge is 2.00 e.